The number of alkyl halides is 3. The number of nitrogens with two attached hydrogens (primary N) is 2. The number of carbonyl (C=O) groups excluding carboxylic acids is 1. The molecule has 4 rings (SSSR count). The van der Waals surface area contributed by atoms with Crippen molar-refractivity contribution >= 4 is 17.8 Å². The van der Waals surface area contributed by atoms with Crippen LogP contribution in [0.1, 0.15) is 15.9 Å². The predicted octanol–water partition coefficient (Wildman–Crippen LogP) is -1.89. The molecule has 1 fully saturated rings. The number of carbonyl (C=O) groups is 1. The third kappa shape index (κ3) is 2.68. The number of hydrogen-bond acceptors (Lipinski definition) is 9. The number of halogens is 3. The topological polar surface area (TPSA) is 162 Å². The maximum Gasteiger partial charge on any atom is 0.416 e. The number of aliphatic imine (C=N–C) groups is 2. The number of amides is 1. The second-order valence-electron chi connectivity index (χ2n) is 7.06. The van der Waals surface area contributed by atoms with Gasteiger partial charge in [-0.25, -0.2) is 4.99 Å². The Bertz CT molecular complexity index is 915. The molecule has 1 aromatic rings. The van der Waals surface area contributed by atoms with Crippen LogP contribution in [-0.2, 0) is 6.18 Å². The van der Waals surface area contributed by atoms with E-state index in [0.29, 0.717) is 0 Å². The molecule has 10 nitrogen and oxygen atoms in total. The highest BCUT2D eigenvalue weighted by Gasteiger charge is 2.71. The number of hydrogen-bond donors (Lipinski definition) is 6. The van der Waals surface area contributed by atoms with Gasteiger partial charge in [0.25, 0.3) is 5.91 Å². The first-order valence-corrected chi connectivity index (χ1v) is 8.58. The summed E-state index contributed by atoms with van der Waals surface area (Å²) in [6.07, 6.45) is -4.53. The van der Waals surface area contributed by atoms with Gasteiger partial charge in [0.1, 0.15) is 12.1 Å². The van der Waals surface area contributed by atoms with Crippen LogP contribution >= 0.6 is 0 Å². The Morgan fingerprint density at radius 1 is 1.28 bits per heavy atom. The first-order chi connectivity index (χ1) is 13.5. The molecule has 3 unspecified atom stereocenters. The largest absolute Gasteiger partial charge is 0.416 e. The van der Waals surface area contributed by atoms with Crippen LogP contribution in [-0.4, -0.2) is 69.6 Å². The molecule has 3 heterocycles. The fourth-order valence-electron chi connectivity index (χ4n) is 3.99. The first kappa shape index (κ1) is 19.3. The smallest absolute Gasteiger partial charge is 0.370 e. The summed E-state index contributed by atoms with van der Waals surface area (Å²) in [4.78, 5) is 22.1. The fourth-order valence-corrected chi connectivity index (χ4v) is 3.99. The first-order valence-electron chi connectivity index (χ1n) is 8.58. The number of guanidine groups is 2. The van der Waals surface area contributed by atoms with E-state index in [1.807, 2.05) is 0 Å². The van der Waals surface area contributed by atoms with Gasteiger partial charge >= 0.3 is 6.18 Å². The SMILES string of the molecule is NC1=NC2CN=C(N)N3CC(NC(=O)c4ccc(C(F)(F)F)cc4)C(O)(O)C23N1. The molecule has 29 heavy (non-hydrogen) atoms. The monoisotopic (exact) mass is 413 g/mol. The van der Waals surface area contributed by atoms with E-state index in [0.717, 1.165) is 24.3 Å². The molecule has 8 N–H and O–H groups in total. The van der Waals surface area contributed by atoms with Crippen molar-refractivity contribution in [3.63, 3.8) is 0 Å². The van der Waals surface area contributed by atoms with Crippen LogP contribution in [0, 0.1) is 0 Å². The van der Waals surface area contributed by atoms with E-state index in [-0.39, 0.29) is 30.6 Å². The van der Waals surface area contributed by atoms with E-state index >= 15 is 0 Å². The maximum atomic E-state index is 12.7. The van der Waals surface area contributed by atoms with Gasteiger partial charge < -0.3 is 37.2 Å². The number of nitrogens with one attached hydrogen (secondary N) is 2. The second kappa shape index (κ2) is 5.97. The summed E-state index contributed by atoms with van der Waals surface area (Å²) < 4.78 is 38.1. The quantitative estimate of drug-likeness (QED) is 0.309. The average Bonchev–Trinajstić information content (AvgIpc) is 3.10. The molecule has 3 aliphatic heterocycles. The molecule has 0 aliphatic carbocycles. The van der Waals surface area contributed by atoms with Crippen LogP contribution < -0.4 is 22.1 Å². The van der Waals surface area contributed by atoms with Crippen molar-refractivity contribution in [2.75, 3.05) is 13.1 Å². The van der Waals surface area contributed by atoms with Crippen molar-refractivity contribution in [3.05, 3.63) is 35.4 Å². The Labute approximate surface area is 162 Å². The molecule has 0 aromatic heterocycles. The maximum absolute atomic E-state index is 12.7. The van der Waals surface area contributed by atoms with Crippen LogP contribution in [0.15, 0.2) is 34.3 Å². The van der Waals surface area contributed by atoms with E-state index in [1.54, 1.807) is 0 Å². The molecule has 156 valence electrons. The molecule has 1 spiro atoms. The molecule has 1 amide bonds. The summed E-state index contributed by atoms with van der Waals surface area (Å²) in [6, 6.07) is 1.51. The van der Waals surface area contributed by atoms with Gasteiger partial charge in [0.05, 0.1) is 12.1 Å². The summed E-state index contributed by atoms with van der Waals surface area (Å²) in [7, 11) is 0. The van der Waals surface area contributed by atoms with Crippen molar-refractivity contribution in [2.24, 2.45) is 21.5 Å². The summed E-state index contributed by atoms with van der Waals surface area (Å²) in [6.45, 7) is -0.0838. The lowest BCUT2D eigenvalue weighted by Gasteiger charge is -2.46. The highest BCUT2D eigenvalue weighted by atomic mass is 19.4. The molecular weight excluding hydrogens is 395 g/mol. The lowest BCUT2D eigenvalue weighted by Crippen LogP contribution is -2.76. The summed E-state index contributed by atoms with van der Waals surface area (Å²) in [5.74, 6) is -3.37. The normalized spacial score (nSPS) is 30.0. The molecule has 1 aromatic carbocycles. The number of rotatable bonds is 2. The van der Waals surface area contributed by atoms with Gasteiger partial charge in [-0.3, -0.25) is 9.79 Å². The van der Waals surface area contributed by atoms with Crippen molar-refractivity contribution in [1.82, 2.24) is 15.5 Å². The Kier molecular flexibility index (Phi) is 3.96. The number of benzene rings is 1. The van der Waals surface area contributed by atoms with E-state index in [9.17, 15) is 28.2 Å². The van der Waals surface area contributed by atoms with Gasteiger partial charge in [0.15, 0.2) is 17.6 Å². The number of nitrogens with zero attached hydrogens (tertiary/aromatic N) is 3. The lowest BCUT2D eigenvalue weighted by molar-refractivity contribution is -0.228. The molecule has 3 aliphatic rings. The zero-order valence-corrected chi connectivity index (χ0v) is 14.8. The van der Waals surface area contributed by atoms with E-state index in [4.69, 9.17) is 11.5 Å². The minimum absolute atomic E-state index is 0.0115. The highest BCUT2D eigenvalue weighted by Crippen LogP contribution is 2.42. The Hall–Kier alpha value is -3.06. The fraction of sp³-hybridized carbons (Fsp3) is 0.438. The molecule has 1 saturated heterocycles. The van der Waals surface area contributed by atoms with Gasteiger partial charge in [0.2, 0.25) is 5.79 Å². The summed E-state index contributed by atoms with van der Waals surface area (Å²) >= 11 is 0. The van der Waals surface area contributed by atoms with Gasteiger partial charge in [-0.1, -0.05) is 0 Å². The zero-order chi connectivity index (χ0) is 21.2. The lowest BCUT2D eigenvalue weighted by atomic mass is 9.89. The van der Waals surface area contributed by atoms with Crippen molar-refractivity contribution < 1.29 is 28.2 Å². The molecular formula is C16H18F3N7O3. The van der Waals surface area contributed by atoms with Gasteiger partial charge in [0, 0.05) is 12.1 Å². The third-order valence-corrected chi connectivity index (χ3v) is 5.42. The minimum atomic E-state index is -4.53. The molecule has 3 atom stereocenters. The van der Waals surface area contributed by atoms with Crippen LogP contribution in [0.5, 0.6) is 0 Å². The van der Waals surface area contributed by atoms with E-state index in [1.165, 1.54) is 4.90 Å². The van der Waals surface area contributed by atoms with E-state index < -0.39 is 41.2 Å². The van der Waals surface area contributed by atoms with Crippen LogP contribution in [0.4, 0.5) is 13.2 Å². The van der Waals surface area contributed by atoms with Crippen LogP contribution in [0.3, 0.4) is 0 Å². The summed E-state index contributed by atoms with van der Waals surface area (Å²) in [5, 5.41) is 27.1. The van der Waals surface area contributed by atoms with Crippen molar-refractivity contribution in [1.29, 1.82) is 0 Å². The standard InChI is InChI=1S/C16H18F3N7O3/c17-16(18,19)8-3-1-7(2-4-8)11(27)23-10-6-26-13(21)22-5-9-14(26,15(10,28)29)25-12(20)24-9/h1-4,9-10,28-29H,5-6H2,(H2,21,22)(H,23,27)(H3,20,24,25). The average molecular weight is 413 g/mol. The van der Waals surface area contributed by atoms with E-state index in [2.05, 4.69) is 20.6 Å². The minimum Gasteiger partial charge on any atom is -0.370 e. The van der Waals surface area contributed by atoms with Gasteiger partial charge in [-0.15, -0.1) is 0 Å². The summed E-state index contributed by atoms with van der Waals surface area (Å²) in [5.41, 5.74) is 9.01. The Balaban J connectivity index is 1.59. The molecule has 0 saturated carbocycles. The van der Waals surface area contributed by atoms with Gasteiger partial charge in [-0.05, 0) is 24.3 Å². The highest BCUT2D eigenvalue weighted by molar-refractivity contribution is 5.95. The Morgan fingerprint density at radius 3 is 2.55 bits per heavy atom. The van der Waals surface area contributed by atoms with Crippen molar-refractivity contribution in [3.8, 4) is 0 Å². The van der Waals surface area contributed by atoms with Crippen LogP contribution in [0.25, 0.3) is 0 Å². The zero-order valence-electron chi connectivity index (χ0n) is 14.8. The van der Waals surface area contributed by atoms with Crippen LogP contribution in [0.2, 0.25) is 0 Å². The molecule has 0 bridgehead atoms. The van der Waals surface area contributed by atoms with Gasteiger partial charge in [-0.2, -0.15) is 13.2 Å². The third-order valence-electron chi connectivity index (χ3n) is 5.42. The molecule has 13 heteroatoms. The predicted molar refractivity (Wildman–Crippen MR) is 94.3 cm³/mol. The number of aliphatic hydroxyl groups is 2. The Morgan fingerprint density at radius 2 is 1.93 bits per heavy atom. The van der Waals surface area contributed by atoms with Crippen molar-refractivity contribution in [2.45, 2.75) is 29.7 Å². The second-order valence-corrected chi connectivity index (χ2v) is 7.06. The molecule has 0 radical (unpaired) electrons.